The van der Waals surface area contributed by atoms with E-state index in [-0.39, 0.29) is 12.5 Å². The topological polar surface area (TPSA) is 97.0 Å². The molecule has 0 bridgehead atoms. The number of para-hydroxylation sites is 2. The number of ether oxygens (including phenoxy) is 2. The lowest BCUT2D eigenvalue weighted by atomic mass is 10.2. The highest BCUT2D eigenvalue weighted by molar-refractivity contribution is 5.98. The van der Waals surface area contributed by atoms with E-state index in [0.717, 1.165) is 12.8 Å². The molecule has 0 spiro atoms. The fraction of sp³-hybridized carbons (Fsp3) is 0.375. The molecule has 32 heavy (non-hydrogen) atoms. The van der Waals surface area contributed by atoms with Gasteiger partial charge in [0.25, 0.3) is 11.8 Å². The Balaban J connectivity index is 1.50. The van der Waals surface area contributed by atoms with Crippen LogP contribution < -0.4 is 25.2 Å². The third kappa shape index (κ3) is 6.00. The number of hydrogen-bond acceptors (Lipinski definition) is 5. The van der Waals surface area contributed by atoms with Gasteiger partial charge in [0.15, 0.2) is 6.10 Å². The maximum absolute atomic E-state index is 12.6. The molecule has 1 aliphatic rings. The van der Waals surface area contributed by atoms with Crippen molar-refractivity contribution >= 4 is 23.4 Å². The van der Waals surface area contributed by atoms with E-state index in [1.54, 1.807) is 48.5 Å². The van der Waals surface area contributed by atoms with Crippen LogP contribution in [0, 0.1) is 0 Å². The van der Waals surface area contributed by atoms with E-state index in [0.29, 0.717) is 29.4 Å². The lowest BCUT2D eigenvalue weighted by Gasteiger charge is -2.33. The number of rotatable bonds is 8. The second-order valence-corrected chi connectivity index (χ2v) is 7.58. The SMILES string of the molecule is CCCCCCOc1ccc(C(=O)NNC(=O)C2CN(C(C)=O)c3ccccc3O2)cc1. The lowest BCUT2D eigenvalue weighted by Crippen LogP contribution is -2.54. The van der Waals surface area contributed by atoms with E-state index in [1.165, 1.54) is 24.7 Å². The zero-order chi connectivity index (χ0) is 22.9. The second-order valence-electron chi connectivity index (χ2n) is 7.58. The van der Waals surface area contributed by atoms with Gasteiger partial charge in [0.1, 0.15) is 11.5 Å². The van der Waals surface area contributed by atoms with Crippen molar-refractivity contribution in [1.82, 2.24) is 10.9 Å². The van der Waals surface area contributed by atoms with Gasteiger partial charge in [-0.25, -0.2) is 0 Å². The predicted octanol–water partition coefficient (Wildman–Crippen LogP) is 3.22. The zero-order valence-corrected chi connectivity index (χ0v) is 18.4. The minimum atomic E-state index is -0.947. The van der Waals surface area contributed by atoms with Crippen molar-refractivity contribution in [2.45, 2.75) is 45.6 Å². The summed E-state index contributed by atoms with van der Waals surface area (Å²) < 4.78 is 11.4. The Bertz CT molecular complexity index is 945. The standard InChI is InChI=1S/C24H29N3O5/c1-3-4-5-8-15-31-19-13-11-18(12-14-19)23(29)25-26-24(30)22-16-27(17(2)28)20-9-6-7-10-21(20)32-22/h6-7,9-14,22H,3-5,8,15-16H2,1-2H3,(H,25,29)(H,26,30). The number of hydrazine groups is 1. The summed E-state index contributed by atoms with van der Waals surface area (Å²) in [6, 6.07) is 13.7. The first kappa shape index (κ1) is 23.1. The second kappa shape index (κ2) is 11.2. The molecule has 2 aromatic carbocycles. The van der Waals surface area contributed by atoms with E-state index in [9.17, 15) is 14.4 Å². The van der Waals surface area contributed by atoms with E-state index in [2.05, 4.69) is 17.8 Å². The lowest BCUT2D eigenvalue weighted by molar-refractivity contribution is -0.129. The van der Waals surface area contributed by atoms with E-state index in [1.807, 2.05) is 0 Å². The minimum Gasteiger partial charge on any atom is -0.494 e. The molecule has 0 radical (unpaired) electrons. The predicted molar refractivity (Wildman–Crippen MR) is 121 cm³/mol. The van der Waals surface area contributed by atoms with Gasteiger partial charge in [-0.1, -0.05) is 38.3 Å². The van der Waals surface area contributed by atoms with E-state index >= 15 is 0 Å². The summed E-state index contributed by atoms with van der Waals surface area (Å²) in [6.45, 7) is 4.29. The summed E-state index contributed by atoms with van der Waals surface area (Å²) >= 11 is 0. The largest absolute Gasteiger partial charge is 0.494 e. The number of unbranched alkanes of at least 4 members (excludes halogenated alkanes) is 3. The third-order valence-electron chi connectivity index (χ3n) is 5.13. The maximum atomic E-state index is 12.6. The van der Waals surface area contributed by atoms with Crippen molar-refractivity contribution in [3.8, 4) is 11.5 Å². The molecule has 2 N–H and O–H groups in total. The first-order valence-corrected chi connectivity index (χ1v) is 10.9. The maximum Gasteiger partial charge on any atom is 0.281 e. The van der Waals surface area contributed by atoms with Crippen LogP contribution in [0.5, 0.6) is 11.5 Å². The Kier molecular flexibility index (Phi) is 8.08. The minimum absolute atomic E-state index is 0.0539. The van der Waals surface area contributed by atoms with Gasteiger partial charge in [0.05, 0.1) is 18.8 Å². The van der Waals surface area contributed by atoms with Crippen LogP contribution in [0.25, 0.3) is 0 Å². The van der Waals surface area contributed by atoms with Crippen LogP contribution in [0.15, 0.2) is 48.5 Å². The number of amides is 3. The molecule has 0 aliphatic carbocycles. The van der Waals surface area contributed by atoms with E-state index in [4.69, 9.17) is 9.47 Å². The van der Waals surface area contributed by atoms with Crippen LogP contribution in [-0.2, 0) is 9.59 Å². The number of anilines is 1. The van der Waals surface area contributed by atoms with Crippen LogP contribution in [0.1, 0.15) is 49.9 Å². The first-order chi connectivity index (χ1) is 15.5. The Morgan fingerprint density at radius 3 is 2.50 bits per heavy atom. The highest BCUT2D eigenvalue weighted by atomic mass is 16.5. The summed E-state index contributed by atoms with van der Waals surface area (Å²) in [7, 11) is 0. The molecule has 0 saturated carbocycles. The van der Waals surface area contributed by atoms with Crippen LogP contribution in [0.2, 0.25) is 0 Å². The molecule has 170 valence electrons. The highest BCUT2D eigenvalue weighted by Gasteiger charge is 2.32. The van der Waals surface area contributed by atoms with Gasteiger partial charge >= 0.3 is 0 Å². The number of hydrogen-bond donors (Lipinski definition) is 2. The van der Waals surface area contributed by atoms with Gasteiger partial charge in [-0.3, -0.25) is 25.2 Å². The quantitative estimate of drug-likeness (QED) is 0.486. The molecule has 0 fully saturated rings. The van der Waals surface area contributed by atoms with Crippen molar-refractivity contribution in [3.63, 3.8) is 0 Å². The summed E-state index contributed by atoms with van der Waals surface area (Å²) in [5.41, 5.74) is 5.75. The molecule has 1 atom stereocenters. The first-order valence-electron chi connectivity index (χ1n) is 10.9. The fourth-order valence-electron chi connectivity index (χ4n) is 3.36. The molecule has 3 amide bonds. The number of benzene rings is 2. The molecular weight excluding hydrogens is 410 g/mol. The van der Waals surface area contributed by atoms with Crippen molar-refractivity contribution in [2.75, 3.05) is 18.1 Å². The van der Waals surface area contributed by atoms with Gasteiger partial charge in [0.2, 0.25) is 5.91 Å². The van der Waals surface area contributed by atoms with Crippen molar-refractivity contribution in [1.29, 1.82) is 0 Å². The van der Waals surface area contributed by atoms with Crippen LogP contribution >= 0.6 is 0 Å². The normalized spacial score (nSPS) is 14.7. The average Bonchev–Trinajstić information content (AvgIpc) is 2.81. The monoisotopic (exact) mass is 439 g/mol. The smallest absolute Gasteiger partial charge is 0.281 e. The molecule has 3 rings (SSSR count). The summed E-state index contributed by atoms with van der Waals surface area (Å²) in [5, 5.41) is 0. The molecule has 1 unspecified atom stereocenters. The number of fused-ring (bicyclic) bond motifs is 1. The summed E-state index contributed by atoms with van der Waals surface area (Å²) in [5.74, 6) is -0.0831. The highest BCUT2D eigenvalue weighted by Crippen LogP contribution is 2.33. The van der Waals surface area contributed by atoms with Gasteiger partial charge in [0, 0.05) is 12.5 Å². The number of carbonyl (C=O) groups excluding carboxylic acids is 3. The van der Waals surface area contributed by atoms with Gasteiger partial charge in [-0.05, 0) is 42.8 Å². The van der Waals surface area contributed by atoms with Crippen molar-refractivity contribution in [2.24, 2.45) is 0 Å². The van der Waals surface area contributed by atoms with Crippen molar-refractivity contribution < 1.29 is 23.9 Å². The number of nitrogens with zero attached hydrogens (tertiary/aromatic N) is 1. The zero-order valence-electron chi connectivity index (χ0n) is 18.4. The van der Waals surface area contributed by atoms with Gasteiger partial charge in [-0.2, -0.15) is 0 Å². The summed E-state index contributed by atoms with van der Waals surface area (Å²) in [6.07, 6.45) is 3.56. The molecule has 1 aliphatic heterocycles. The Morgan fingerprint density at radius 2 is 1.78 bits per heavy atom. The Labute approximate surface area is 187 Å². The van der Waals surface area contributed by atoms with Gasteiger partial charge in [-0.15, -0.1) is 0 Å². The molecular formula is C24H29N3O5. The molecule has 0 saturated heterocycles. The van der Waals surface area contributed by atoms with Crippen LogP contribution in [0.4, 0.5) is 5.69 Å². The Morgan fingerprint density at radius 1 is 1.03 bits per heavy atom. The van der Waals surface area contributed by atoms with Crippen molar-refractivity contribution in [3.05, 3.63) is 54.1 Å². The number of carbonyl (C=O) groups is 3. The van der Waals surface area contributed by atoms with E-state index < -0.39 is 17.9 Å². The molecule has 1 heterocycles. The Hall–Kier alpha value is -3.55. The molecule has 8 nitrogen and oxygen atoms in total. The molecule has 8 heteroatoms. The third-order valence-corrected chi connectivity index (χ3v) is 5.13. The molecule has 2 aromatic rings. The molecule has 0 aromatic heterocycles. The number of nitrogens with one attached hydrogen (secondary N) is 2. The van der Waals surface area contributed by atoms with Crippen LogP contribution in [-0.4, -0.2) is 37.0 Å². The fourth-order valence-corrected chi connectivity index (χ4v) is 3.36. The van der Waals surface area contributed by atoms with Crippen LogP contribution in [0.3, 0.4) is 0 Å². The van der Waals surface area contributed by atoms with Gasteiger partial charge < -0.3 is 14.4 Å². The average molecular weight is 440 g/mol. The summed E-state index contributed by atoms with van der Waals surface area (Å²) in [4.78, 5) is 38.4.